The molecule has 2 aliphatic heterocycles. The van der Waals surface area contributed by atoms with Crippen molar-refractivity contribution in [3.63, 3.8) is 0 Å². The Morgan fingerprint density at radius 3 is 2.63 bits per heavy atom. The topological polar surface area (TPSA) is 74.2 Å². The molecule has 2 aromatic carbocycles. The third-order valence-corrected chi connectivity index (χ3v) is 10.0. The Morgan fingerprint density at radius 2 is 1.81 bits per heavy atom. The minimum atomic E-state index is -0.0634. The van der Waals surface area contributed by atoms with Crippen molar-refractivity contribution in [3.8, 4) is 21.7 Å². The zero-order chi connectivity index (χ0) is 29.5. The van der Waals surface area contributed by atoms with Crippen molar-refractivity contribution in [2.75, 3.05) is 24.3 Å². The monoisotopic (exact) mass is 628 g/mol. The highest BCUT2D eigenvalue weighted by Gasteiger charge is 2.27. The number of amides is 1. The molecular formula is C33H30Cl2N6OS. The Labute approximate surface area is 264 Å². The van der Waals surface area contributed by atoms with Crippen LogP contribution < -0.4 is 5.32 Å². The fraction of sp³-hybridized carbons (Fsp3) is 0.273. The minimum absolute atomic E-state index is 0.00943. The van der Waals surface area contributed by atoms with Crippen LogP contribution >= 0.6 is 34.5 Å². The number of fused-ring (bicyclic) bond motifs is 2. The molecule has 7 rings (SSSR count). The van der Waals surface area contributed by atoms with Gasteiger partial charge in [0.15, 0.2) is 5.82 Å². The summed E-state index contributed by atoms with van der Waals surface area (Å²) in [7, 11) is 0. The van der Waals surface area contributed by atoms with Gasteiger partial charge in [0.25, 0.3) is 0 Å². The minimum Gasteiger partial charge on any atom is -0.337 e. The zero-order valence-electron chi connectivity index (χ0n) is 23.7. The first-order chi connectivity index (χ1) is 21.0. The number of aromatic nitrogens is 3. The molecule has 1 amide bonds. The number of carbonyl (C=O) groups excluding carboxylic acids is 1. The fourth-order valence-corrected chi connectivity index (χ4v) is 7.63. The van der Waals surface area contributed by atoms with E-state index in [4.69, 9.17) is 33.2 Å². The van der Waals surface area contributed by atoms with E-state index in [-0.39, 0.29) is 11.8 Å². The number of hydrogen-bond donors (Lipinski definition) is 1. The second kappa shape index (κ2) is 11.8. The largest absolute Gasteiger partial charge is 0.337 e. The van der Waals surface area contributed by atoms with Crippen LogP contribution in [0.2, 0.25) is 5.02 Å². The van der Waals surface area contributed by atoms with E-state index in [1.165, 1.54) is 18.4 Å². The normalized spacial score (nSPS) is 14.9. The van der Waals surface area contributed by atoms with E-state index in [9.17, 15) is 4.79 Å². The number of thiazole rings is 1. The molecule has 0 saturated carbocycles. The molecule has 5 heterocycles. The number of rotatable bonds is 7. The highest BCUT2D eigenvalue weighted by Crippen LogP contribution is 2.41. The Kier molecular flexibility index (Phi) is 7.78. The molecule has 0 unspecified atom stereocenters. The first-order valence-corrected chi connectivity index (χ1v) is 16.2. The van der Waals surface area contributed by atoms with Gasteiger partial charge < -0.3 is 10.2 Å². The van der Waals surface area contributed by atoms with Crippen LogP contribution in [0.5, 0.6) is 0 Å². The van der Waals surface area contributed by atoms with Gasteiger partial charge in [0.1, 0.15) is 16.4 Å². The molecule has 0 radical (unpaired) electrons. The average molecular weight is 630 g/mol. The summed E-state index contributed by atoms with van der Waals surface area (Å²) in [5, 5.41) is 6.07. The van der Waals surface area contributed by atoms with Gasteiger partial charge in [0.05, 0.1) is 29.5 Å². The van der Waals surface area contributed by atoms with Crippen molar-refractivity contribution >= 4 is 62.9 Å². The number of hydrogen-bond acceptors (Lipinski definition) is 7. The predicted molar refractivity (Wildman–Crippen MR) is 175 cm³/mol. The van der Waals surface area contributed by atoms with Crippen molar-refractivity contribution < 1.29 is 4.79 Å². The van der Waals surface area contributed by atoms with Crippen LogP contribution in [0.4, 0.5) is 11.5 Å². The van der Waals surface area contributed by atoms with E-state index in [0.717, 1.165) is 74.1 Å². The molecule has 3 aromatic heterocycles. The van der Waals surface area contributed by atoms with Crippen molar-refractivity contribution in [2.24, 2.45) is 0 Å². The summed E-state index contributed by atoms with van der Waals surface area (Å²) in [4.78, 5) is 31.7. The third-order valence-electron chi connectivity index (χ3n) is 8.29. The number of likely N-dealkylation sites (tertiary alicyclic amines) is 1. The lowest BCUT2D eigenvalue weighted by atomic mass is 9.96. The number of halogens is 2. The number of carbonyl (C=O) groups is 1. The van der Waals surface area contributed by atoms with Crippen molar-refractivity contribution in [1.29, 1.82) is 0 Å². The van der Waals surface area contributed by atoms with Gasteiger partial charge in [0, 0.05) is 40.3 Å². The Morgan fingerprint density at radius 1 is 1.02 bits per heavy atom. The standard InChI is InChI=1S/C33H30Cl2N6OS/c1-20-23(6-4-7-24(20)33-39-27-18-41(29(42)15-34)19-28(27)43-33)25-8-5-9-26(30(25)35)38-32-31-22(10-11-36-32)14-21(16-37-31)17-40-12-2-3-13-40/h4-11,14,16H,2-3,12-13,15,17-19H2,1H3,(H,36,38). The summed E-state index contributed by atoms with van der Waals surface area (Å²) >= 11 is 14.5. The molecule has 5 aromatic rings. The molecule has 43 heavy (non-hydrogen) atoms. The first kappa shape index (κ1) is 28.2. The fourth-order valence-electron chi connectivity index (χ4n) is 6.02. The van der Waals surface area contributed by atoms with E-state index in [0.29, 0.717) is 23.9 Å². The van der Waals surface area contributed by atoms with Crippen molar-refractivity contribution in [3.05, 3.63) is 87.6 Å². The number of nitrogens with one attached hydrogen (secondary N) is 1. The maximum absolute atomic E-state index is 12.0. The summed E-state index contributed by atoms with van der Waals surface area (Å²) in [6.45, 7) is 6.41. The van der Waals surface area contributed by atoms with E-state index in [2.05, 4.69) is 40.3 Å². The molecule has 7 nitrogen and oxygen atoms in total. The lowest BCUT2D eigenvalue weighted by Gasteiger charge is -2.16. The lowest BCUT2D eigenvalue weighted by molar-refractivity contribution is -0.129. The van der Waals surface area contributed by atoms with Gasteiger partial charge in [-0.1, -0.05) is 41.9 Å². The number of nitrogens with zero attached hydrogens (tertiary/aromatic N) is 5. The van der Waals surface area contributed by atoms with Gasteiger partial charge in [-0.3, -0.25) is 14.7 Å². The molecule has 1 saturated heterocycles. The zero-order valence-corrected chi connectivity index (χ0v) is 26.1. The van der Waals surface area contributed by atoms with Crippen LogP contribution in [-0.4, -0.2) is 49.6 Å². The number of anilines is 2. The highest BCUT2D eigenvalue weighted by molar-refractivity contribution is 7.15. The molecule has 0 aliphatic carbocycles. The quantitative estimate of drug-likeness (QED) is 0.185. The van der Waals surface area contributed by atoms with Gasteiger partial charge in [-0.25, -0.2) is 9.97 Å². The predicted octanol–water partition coefficient (Wildman–Crippen LogP) is 7.80. The van der Waals surface area contributed by atoms with Crippen LogP contribution in [0.25, 0.3) is 32.6 Å². The van der Waals surface area contributed by atoms with Crippen LogP contribution in [0.3, 0.4) is 0 Å². The highest BCUT2D eigenvalue weighted by atomic mass is 35.5. The third kappa shape index (κ3) is 5.49. The SMILES string of the molecule is Cc1c(-c2nc3c(s2)CN(C(=O)CCl)C3)cccc1-c1cccc(Nc2nccc3cc(CN4CCCC4)cnc23)c1Cl. The average Bonchev–Trinajstić information content (AvgIpc) is 3.76. The maximum Gasteiger partial charge on any atom is 0.238 e. The summed E-state index contributed by atoms with van der Waals surface area (Å²) in [5.74, 6) is 0.602. The van der Waals surface area contributed by atoms with Crippen molar-refractivity contribution in [1.82, 2.24) is 24.8 Å². The Balaban J connectivity index is 1.16. The second-order valence-electron chi connectivity index (χ2n) is 11.1. The Bertz CT molecular complexity index is 1830. The summed E-state index contributed by atoms with van der Waals surface area (Å²) in [6.07, 6.45) is 6.31. The van der Waals surface area contributed by atoms with Gasteiger partial charge in [-0.15, -0.1) is 22.9 Å². The van der Waals surface area contributed by atoms with Crippen molar-refractivity contribution in [2.45, 2.75) is 39.4 Å². The van der Waals surface area contributed by atoms with Crippen LogP contribution in [0.1, 0.15) is 34.5 Å². The molecule has 2 aliphatic rings. The number of pyridine rings is 2. The number of alkyl halides is 1. The molecule has 1 fully saturated rings. The lowest BCUT2D eigenvalue weighted by Crippen LogP contribution is -2.26. The maximum atomic E-state index is 12.0. The Hall–Kier alpha value is -3.56. The molecule has 0 atom stereocenters. The second-order valence-corrected chi connectivity index (χ2v) is 12.8. The van der Waals surface area contributed by atoms with E-state index in [1.807, 2.05) is 42.7 Å². The molecule has 10 heteroatoms. The van der Waals surface area contributed by atoms with Gasteiger partial charge in [-0.05, 0) is 67.7 Å². The summed E-state index contributed by atoms with van der Waals surface area (Å²) < 4.78 is 0. The van der Waals surface area contributed by atoms with E-state index in [1.54, 1.807) is 16.2 Å². The molecule has 0 bridgehead atoms. The van der Waals surface area contributed by atoms with Crippen LogP contribution in [-0.2, 0) is 24.4 Å². The molecule has 0 spiro atoms. The van der Waals surface area contributed by atoms with E-state index >= 15 is 0 Å². The molecule has 1 N–H and O–H groups in total. The van der Waals surface area contributed by atoms with Gasteiger partial charge >= 0.3 is 0 Å². The summed E-state index contributed by atoms with van der Waals surface area (Å²) in [6, 6.07) is 16.4. The van der Waals surface area contributed by atoms with Crippen LogP contribution in [0.15, 0.2) is 60.9 Å². The molecule has 218 valence electrons. The summed E-state index contributed by atoms with van der Waals surface area (Å²) in [5.41, 5.74) is 7.87. The molecular weight excluding hydrogens is 599 g/mol. The van der Waals surface area contributed by atoms with Crippen LogP contribution in [0, 0.1) is 6.92 Å². The smallest absolute Gasteiger partial charge is 0.238 e. The number of benzene rings is 2. The van der Waals surface area contributed by atoms with Gasteiger partial charge in [-0.2, -0.15) is 0 Å². The first-order valence-electron chi connectivity index (χ1n) is 14.4. The van der Waals surface area contributed by atoms with E-state index < -0.39 is 0 Å². The van der Waals surface area contributed by atoms with Gasteiger partial charge in [0.2, 0.25) is 5.91 Å².